The summed E-state index contributed by atoms with van der Waals surface area (Å²) in [6.45, 7) is 4.42. The first-order valence-electron chi connectivity index (χ1n) is 6.60. The van der Waals surface area contributed by atoms with Crippen LogP contribution in [0.15, 0.2) is 0 Å². The van der Waals surface area contributed by atoms with Gasteiger partial charge < -0.3 is 20.6 Å². The number of nitrogens with zero attached hydrogens (tertiary/aromatic N) is 1. The van der Waals surface area contributed by atoms with E-state index in [1.807, 2.05) is 0 Å². The van der Waals surface area contributed by atoms with Gasteiger partial charge in [-0.25, -0.2) is 0 Å². The lowest BCUT2D eigenvalue weighted by Crippen LogP contribution is -2.30. The monoisotopic (exact) mass is 248 g/mol. The zero-order valence-electron chi connectivity index (χ0n) is 10.8. The zero-order valence-corrected chi connectivity index (χ0v) is 10.8. The number of aliphatic hydroxyl groups excluding tert-OH is 3. The fourth-order valence-electron chi connectivity index (χ4n) is 1.76. The van der Waals surface area contributed by atoms with Crippen molar-refractivity contribution in [1.29, 1.82) is 0 Å². The van der Waals surface area contributed by atoms with Gasteiger partial charge in [0.25, 0.3) is 0 Å². The van der Waals surface area contributed by atoms with Crippen molar-refractivity contribution in [2.24, 2.45) is 0 Å². The Hall–Kier alpha value is -0.200. The smallest absolute Gasteiger partial charge is 0.0558 e. The van der Waals surface area contributed by atoms with E-state index in [0.29, 0.717) is 19.6 Å². The molecule has 4 N–H and O–H groups in total. The molecule has 104 valence electrons. The van der Waals surface area contributed by atoms with E-state index in [9.17, 15) is 0 Å². The first-order chi connectivity index (χ1) is 8.35. The third-order valence-electron chi connectivity index (χ3n) is 2.70. The third kappa shape index (κ3) is 12.1. The summed E-state index contributed by atoms with van der Waals surface area (Å²) in [7, 11) is 0. The van der Waals surface area contributed by atoms with Crippen molar-refractivity contribution in [1.82, 2.24) is 10.2 Å². The Bertz CT molecular complexity index is 142. The molecule has 5 heteroatoms. The van der Waals surface area contributed by atoms with Gasteiger partial charge in [-0.15, -0.1) is 0 Å². The third-order valence-corrected chi connectivity index (χ3v) is 2.70. The van der Waals surface area contributed by atoms with Crippen LogP contribution in [0.5, 0.6) is 0 Å². The van der Waals surface area contributed by atoms with Crippen LogP contribution in [0.4, 0.5) is 0 Å². The van der Waals surface area contributed by atoms with Gasteiger partial charge in [0, 0.05) is 19.6 Å². The highest BCUT2D eigenvalue weighted by atomic mass is 16.3. The molecular formula is C12H28N2O3. The quantitative estimate of drug-likeness (QED) is 0.328. The van der Waals surface area contributed by atoms with Gasteiger partial charge in [-0.3, -0.25) is 4.90 Å². The Morgan fingerprint density at radius 3 is 1.88 bits per heavy atom. The number of unbranched alkanes of at least 4 members (excludes halogenated alkanes) is 3. The van der Waals surface area contributed by atoms with Crippen LogP contribution in [0, 0.1) is 0 Å². The molecule has 0 aliphatic carbocycles. The fraction of sp³-hybridized carbons (Fsp3) is 1.00. The van der Waals surface area contributed by atoms with E-state index in [0.717, 1.165) is 25.9 Å². The molecule has 0 aromatic rings. The average molecular weight is 248 g/mol. The Morgan fingerprint density at radius 2 is 1.29 bits per heavy atom. The van der Waals surface area contributed by atoms with E-state index < -0.39 is 0 Å². The predicted octanol–water partition coefficient (Wildman–Crippen LogP) is -0.585. The maximum atomic E-state index is 8.83. The van der Waals surface area contributed by atoms with E-state index in [1.165, 1.54) is 12.8 Å². The second kappa shape index (κ2) is 13.9. The maximum absolute atomic E-state index is 8.83. The SMILES string of the molecule is OCCNCCCCCCN(CCO)CCO. The van der Waals surface area contributed by atoms with Gasteiger partial charge in [0.05, 0.1) is 19.8 Å². The van der Waals surface area contributed by atoms with E-state index in [4.69, 9.17) is 15.3 Å². The van der Waals surface area contributed by atoms with Gasteiger partial charge in [-0.2, -0.15) is 0 Å². The summed E-state index contributed by atoms with van der Waals surface area (Å²) in [5.41, 5.74) is 0. The summed E-state index contributed by atoms with van der Waals surface area (Å²) in [5.74, 6) is 0. The number of hydrogen-bond acceptors (Lipinski definition) is 5. The summed E-state index contributed by atoms with van der Waals surface area (Å²) in [6, 6.07) is 0. The lowest BCUT2D eigenvalue weighted by Gasteiger charge is -2.19. The van der Waals surface area contributed by atoms with Gasteiger partial charge in [0.2, 0.25) is 0 Å². The molecular weight excluding hydrogens is 220 g/mol. The standard InChI is InChI=1S/C12H28N2O3/c15-10-6-13-5-3-1-2-4-7-14(8-11-16)9-12-17/h13,15-17H,1-12H2. The molecule has 0 radical (unpaired) electrons. The van der Waals surface area contributed by atoms with E-state index >= 15 is 0 Å². The minimum atomic E-state index is 0.158. The summed E-state index contributed by atoms with van der Waals surface area (Å²) >= 11 is 0. The molecule has 0 spiro atoms. The summed E-state index contributed by atoms with van der Waals surface area (Å²) in [6.07, 6.45) is 4.61. The van der Waals surface area contributed by atoms with Gasteiger partial charge in [0.15, 0.2) is 0 Å². The summed E-state index contributed by atoms with van der Waals surface area (Å²) in [5, 5.41) is 29.4. The molecule has 5 nitrogen and oxygen atoms in total. The Balaban J connectivity index is 3.23. The molecule has 17 heavy (non-hydrogen) atoms. The van der Waals surface area contributed by atoms with Gasteiger partial charge in [0.1, 0.15) is 0 Å². The Kier molecular flexibility index (Phi) is 13.7. The molecule has 0 rings (SSSR count). The van der Waals surface area contributed by atoms with Crippen molar-refractivity contribution >= 4 is 0 Å². The van der Waals surface area contributed by atoms with Crippen molar-refractivity contribution in [3.05, 3.63) is 0 Å². The molecule has 0 atom stereocenters. The molecule has 0 amide bonds. The van der Waals surface area contributed by atoms with E-state index in [1.54, 1.807) is 0 Å². The lowest BCUT2D eigenvalue weighted by molar-refractivity contribution is 0.159. The van der Waals surface area contributed by atoms with Crippen molar-refractivity contribution in [2.75, 3.05) is 52.5 Å². The van der Waals surface area contributed by atoms with Gasteiger partial charge in [-0.1, -0.05) is 12.8 Å². The molecule has 0 bridgehead atoms. The van der Waals surface area contributed by atoms with Gasteiger partial charge >= 0.3 is 0 Å². The highest BCUT2D eigenvalue weighted by Gasteiger charge is 2.02. The highest BCUT2D eigenvalue weighted by Crippen LogP contribution is 2.01. The fourth-order valence-corrected chi connectivity index (χ4v) is 1.76. The molecule has 0 saturated carbocycles. The number of hydrogen-bond donors (Lipinski definition) is 4. The van der Waals surface area contributed by atoms with Crippen molar-refractivity contribution < 1.29 is 15.3 Å². The minimum absolute atomic E-state index is 0.158. The second-order valence-corrected chi connectivity index (χ2v) is 4.18. The summed E-state index contributed by atoms with van der Waals surface area (Å²) < 4.78 is 0. The lowest BCUT2D eigenvalue weighted by atomic mass is 10.2. The van der Waals surface area contributed by atoms with Crippen molar-refractivity contribution in [3.8, 4) is 0 Å². The van der Waals surface area contributed by atoms with Crippen LogP contribution in [0.3, 0.4) is 0 Å². The first-order valence-corrected chi connectivity index (χ1v) is 6.60. The molecule has 0 unspecified atom stereocenters. The molecule has 0 fully saturated rings. The molecule has 0 aromatic carbocycles. The van der Waals surface area contributed by atoms with Crippen molar-refractivity contribution in [2.45, 2.75) is 25.7 Å². The average Bonchev–Trinajstić information content (AvgIpc) is 2.33. The Morgan fingerprint density at radius 1 is 0.647 bits per heavy atom. The van der Waals surface area contributed by atoms with Crippen molar-refractivity contribution in [3.63, 3.8) is 0 Å². The second-order valence-electron chi connectivity index (χ2n) is 4.18. The first kappa shape index (κ1) is 16.8. The molecule has 0 aliphatic heterocycles. The van der Waals surface area contributed by atoms with Gasteiger partial charge in [-0.05, 0) is 25.9 Å². The van der Waals surface area contributed by atoms with E-state index in [-0.39, 0.29) is 19.8 Å². The van der Waals surface area contributed by atoms with Crippen LogP contribution >= 0.6 is 0 Å². The molecule has 0 aromatic heterocycles. The molecule has 0 heterocycles. The topological polar surface area (TPSA) is 76.0 Å². The predicted molar refractivity (Wildman–Crippen MR) is 69.0 cm³/mol. The zero-order chi connectivity index (χ0) is 12.8. The number of rotatable bonds is 13. The molecule has 0 aliphatic rings. The van der Waals surface area contributed by atoms with Crippen LogP contribution in [0.2, 0.25) is 0 Å². The number of nitrogens with one attached hydrogen (secondary N) is 1. The largest absolute Gasteiger partial charge is 0.395 e. The number of aliphatic hydroxyl groups is 3. The summed E-state index contributed by atoms with van der Waals surface area (Å²) in [4.78, 5) is 2.09. The van der Waals surface area contributed by atoms with Crippen LogP contribution in [-0.4, -0.2) is 72.8 Å². The van der Waals surface area contributed by atoms with Crippen LogP contribution in [0.1, 0.15) is 25.7 Å². The highest BCUT2D eigenvalue weighted by molar-refractivity contribution is 4.57. The van der Waals surface area contributed by atoms with Crippen LogP contribution in [0.25, 0.3) is 0 Å². The van der Waals surface area contributed by atoms with E-state index in [2.05, 4.69) is 10.2 Å². The Labute approximate surface area is 104 Å². The normalized spacial score (nSPS) is 11.3. The van der Waals surface area contributed by atoms with Crippen LogP contribution < -0.4 is 5.32 Å². The molecule has 0 saturated heterocycles. The van der Waals surface area contributed by atoms with Crippen LogP contribution in [-0.2, 0) is 0 Å². The minimum Gasteiger partial charge on any atom is -0.395 e. The maximum Gasteiger partial charge on any atom is 0.0558 e.